The van der Waals surface area contributed by atoms with Crippen LogP contribution in [0.5, 0.6) is 0 Å². The first-order valence-corrected chi connectivity index (χ1v) is 14.5. The number of hydrogen-bond donors (Lipinski definition) is 0. The van der Waals surface area contributed by atoms with Crippen molar-refractivity contribution in [3.8, 4) is 22.8 Å². The molecule has 8 nitrogen and oxygen atoms in total. The van der Waals surface area contributed by atoms with Crippen LogP contribution in [-0.4, -0.2) is 44.6 Å². The Labute approximate surface area is 239 Å². The van der Waals surface area contributed by atoms with E-state index in [4.69, 9.17) is 19.6 Å². The summed E-state index contributed by atoms with van der Waals surface area (Å²) < 4.78 is 0. The van der Waals surface area contributed by atoms with Gasteiger partial charge >= 0.3 is 0 Å². The smallest absolute Gasteiger partial charge is 0.159 e. The molecule has 0 N–H and O–H groups in total. The largest absolute Gasteiger partial charge is 0.395 e. The van der Waals surface area contributed by atoms with E-state index in [-0.39, 0.29) is 5.41 Å². The van der Waals surface area contributed by atoms with E-state index >= 15 is 0 Å². The average Bonchev–Trinajstić information content (AvgIpc) is 3.81. The van der Waals surface area contributed by atoms with Crippen LogP contribution in [0.1, 0.15) is 61.0 Å². The molecule has 0 spiro atoms. The Balaban J connectivity index is 1.01. The quantitative estimate of drug-likeness (QED) is 0.245. The van der Waals surface area contributed by atoms with Gasteiger partial charge in [-0.05, 0) is 62.5 Å². The lowest BCUT2D eigenvalue weighted by atomic mass is 9.95. The normalized spacial score (nSPS) is 18.9. The lowest BCUT2D eigenvalue weighted by Gasteiger charge is -2.19. The zero-order valence-corrected chi connectivity index (χ0v) is 23.0. The third-order valence-electron chi connectivity index (χ3n) is 8.11. The summed E-state index contributed by atoms with van der Waals surface area (Å²) in [5.41, 5.74) is 7.82. The number of aryl methyl sites for hydroxylation is 2. The number of oxime groups is 2. The molecule has 3 aliphatic rings. The predicted octanol–water partition coefficient (Wildman–Crippen LogP) is 6.20. The summed E-state index contributed by atoms with van der Waals surface area (Å²) in [7, 11) is 0. The van der Waals surface area contributed by atoms with Gasteiger partial charge in [-0.15, -0.1) is 0 Å². The van der Waals surface area contributed by atoms with Crippen LogP contribution >= 0.6 is 0 Å². The molecule has 0 amide bonds. The second-order valence-corrected chi connectivity index (χ2v) is 11.2. The zero-order chi connectivity index (χ0) is 27.5. The first-order valence-electron chi connectivity index (χ1n) is 14.5. The molecule has 0 unspecified atom stereocenters. The van der Waals surface area contributed by atoms with E-state index < -0.39 is 0 Å². The third-order valence-corrected chi connectivity index (χ3v) is 8.11. The number of aromatic nitrogens is 4. The molecule has 0 atom stereocenters. The van der Waals surface area contributed by atoms with Gasteiger partial charge in [0.1, 0.15) is 24.6 Å². The maximum absolute atomic E-state index is 5.94. The Bertz CT molecular complexity index is 1480. The van der Waals surface area contributed by atoms with E-state index in [9.17, 15) is 0 Å². The van der Waals surface area contributed by atoms with Crippen LogP contribution in [0.2, 0.25) is 0 Å². The summed E-state index contributed by atoms with van der Waals surface area (Å²) in [5, 5.41) is 9.14. The lowest BCUT2D eigenvalue weighted by molar-refractivity contribution is 0.0316. The molecule has 4 aromatic rings. The van der Waals surface area contributed by atoms with Gasteiger partial charge in [0.15, 0.2) is 11.6 Å². The molecule has 2 aromatic carbocycles. The van der Waals surface area contributed by atoms with E-state index in [1.54, 1.807) is 0 Å². The van der Waals surface area contributed by atoms with Gasteiger partial charge in [0, 0.05) is 28.9 Å². The van der Waals surface area contributed by atoms with Crippen LogP contribution in [0, 0.1) is 5.41 Å². The summed E-state index contributed by atoms with van der Waals surface area (Å²) >= 11 is 0. The van der Waals surface area contributed by atoms with E-state index in [0.717, 1.165) is 108 Å². The molecule has 0 saturated heterocycles. The molecule has 41 heavy (non-hydrogen) atoms. The maximum Gasteiger partial charge on any atom is 0.159 e. The molecule has 2 heterocycles. The third kappa shape index (κ3) is 5.59. The molecular weight excluding hydrogens is 512 g/mol. The monoisotopic (exact) mass is 544 g/mol. The predicted molar refractivity (Wildman–Crippen MR) is 157 cm³/mol. The highest BCUT2D eigenvalue weighted by Gasteiger charge is 2.45. The zero-order valence-electron chi connectivity index (χ0n) is 23.0. The molecule has 1 fully saturated rings. The van der Waals surface area contributed by atoms with Gasteiger partial charge in [0.2, 0.25) is 0 Å². The lowest BCUT2D eigenvalue weighted by Crippen LogP contribution is -2.20. The van der Waals surface area contributed by atoms with Crippen LogP contribution in [-0.2, 0) is 22.5 Å². The average molecular weight is 545 g/mol. The molecule has 2 aromatic heterocycles. The molecule has 8 heteroatoms. The minimum atomic E-state index is -0.0507. The molecule has 7 rings (SSSR count). The fraction of sp³-hybridized carbons (Fsp3) is 0.333. The summed E-state index contributed by atoms with van der Waals surface area (Å²) in [4.78, 5) is 30.8. The minimum Gasteiger partial charge on any atom is -0.395 e. The van der Waals surface area contributed by atoms with Crippen molar-refractivity contribution in [1.82, 2.24) is 19.9 Å². The molecular formula is C33H32N6O2. The second kappa shape index (κ2) is 11.2. The molecule has 0 aliphatic heterocycles. The molecule has 0 radical (unpaired) electrons. The van der Waals surface area contributed by atoms with Crippen molar-refractivity contribution in [3.63, 3.8) is 0 Å². The minimum absolute atomic E-state index is 0.0507. The second-order valence-electron chi connectivity index (χ2n) is 11.2. The number of rotatable bonds is 8. The SMILES string of the molecule is c1ccc(-c2ncc3c(n2)/C(=N/OCC2(CO/N=C4\CCCc5cnc(-c6ccccc6)nc54)CC2)CCC3)cc1. The first kappa shape index (κ1) is 25.5. The van der Waals surface area contributed by atoms with Crippen LogP contribution in [0.25, 0.3) is 22.8 Å². The van der Waals surface area contributed by atoms with Crippen molar-refractivity contribution < 1.29 is 9.68 Å². The Hall–Kier alpha value is -4.46. The molecule has 206 valence electrons. The van der Waals surface area contributed by atoms with Crippen molar-refractivity contribution in [1.29, 1.82) is 0 Å². The van der Waals surface area contributed by atoms with Crippen molar-refractivity contribution in [2.75, 3.05) is 13.2 Å². The van der Waals surface area contributed by atoms with E-state index in [2.05, 4.69) is 20.3 Å². The first-order chi connectivity index (χ1) is 20.3. The van der Waals surface area contributed by atoms with Crippen molar-refractivity contribution >= 4 is 11.4 Å². The van der Waals surface area contributed by atoms with Crippen LogP contribution < -0.4 is 0 Å². The fourth-order valence-electron chi connectivity index (χ4n) is 5.44. The highest BCUT2D eigenvalue weighted by atomic mass is 16.6. The number of benzene rings is 2. The molecule has 3 aliphatic carbocycles. The van der Waals surface area contributed by atoms with Crippen molar-refractivity contribution in [2.45, 2.75) is 51.4 Å². The topological polar surface area (TPSA) is 94.7 Å². The van der Waals surface area contributed by atoms with Gasteiger partial charge in [-0.25, -0.2) is 19.9 Å². The number of fused-ring (bicyclic) bond motifs is 2. The van der Waals surface area contributed by atoms with Crippen molar-refractivity contribution in [3.05, 3.63) is 95.6 Å². The van der Waals surface area contributed by atoms with E-state index in [1.165, 1.54) is 0 Å². The summed E-state index contributed by atoms with van der Waals surface area (Å²) in [6.07, 6.45) is 11.6. The Morgan fingerprint density at radius 1 is 0.610 bits per heavy atom. The van der Waals surface area contributed by atoms with Gasteiger partial charge in [-0.3, -0.25) is 0 Å². The fourth-order valence-corrected chi connectivity index (χ4v) is 5.44. The number of hydrogen-bond acceptors (Lipinski definition) is 8. The Morgan fingerprint density at radius 3 is 1.51 bits per heavy atom. The van der Waals surface area contributed by atoms with Crippen molar-refractivity contribution in [2.24, 2.45) is 15.7 Å². The van der Waals surface area contributed by atoms with Gasteiger partial charge < -0.3 is 9.68 Å². The van der Waals surface area contributed by atoms with Crippen LogP contribution in [0.3, 0.4) is 0 Å². The standard InChI is InChI=1S/C33H32N6O2/c1-3-9-23(10-4-1)31-34-19-25-13-7-15-27(29(25)36-31)38-40-21-33(17-18-33)22-41-39-28-16-8-14-26-20-35-32(37-30(26)28)24-11-5-2-6-12-24/h1-6,9-12,19-20H,7-8,13-18,21-22H2/b38-27+,39-28+. The maximum atomic E-state index is 5.94. The van der Waals surface area contributed by atoms with E-state index in [1.807, 2.05) is 73.1 Å². The van der Waals surface area contributed by atoms with Crippen LogP contribution in [0.15, 0.2) is 83.4 Å². The molecule has 0 bridgehead atoms. The van der Waals surface area contributed by atoms with Gasteiger partial charge in [0.05, 0.1) is 11.4 Å². The molecule has 1 saturated carbocycles. The highest BCUT2D eigenvalue weighted by molar-refractivity contribution is 6.01. The summed E-state index contributed by atoms with van der Waals surface area (Å²) in [6.45, 7) is 1.01. The van der Waals surface area contributed by atoms with Gasteiger partial charge in [-0.1, -0.05) is 71.0 Å². The number of nitrogens with zero attached hydrogens (tertiary/aromatic N) is 6. The summed E-state index contributed by atoms with van der Waals surface area (Å²) in [6, 6.07) is 20.1. The van der Waals surface area contributed by atoms with Gasteiger partial charge in [-0.2, -0.15) is 0 Å². The Kier molecular flexibility index (Phi) is 6.96. The van der Waals surface area contributed by atoms with Crippen LogP contribution in [0.4, 0.5) is 0 Å². The van der Waals surface area contributed by atoms with Gasteiger partial charge in [0.25, 0.3) is 0 Å². The Morgan fingerprint density at radius 2 is 1.07 bits per heavy atom. The van der Waals surface area contributed by atoms with E-state index in [0.29, 0.717) is 13.2 Å². The highest BCUT2D eigenvalue weighted by Crippen LogP contribution is 2.46. The summed E-state index contributed by atoms with van der Waals surface area (Å²) in [5.74, 6) is 1.44.